The van der Waals surface area contributed by atoms with E-state index in [0.717, 1.165) is 48.8 Å². The van der Waals surface area contributed by atoms with Crippen LogP contribution in [-0.4, -0.2) is 27.2 Å². The molecule has 0 saturated heterocycles. The molecule has 106 valence electrons. The molecule has 2 N–H and O–H groups in total. The van der Waals surface area contributed by atoms with E-state index in [2.05, 4.69) is 22.2 Å². The first kappa shape index (κ1) is 14.3. The van der Waals surface area contributed by atoms with Crippen LogP contribution in [0.2, 0.25) is 0 Å². The van der Waals surface area contributed by atoms with Crippen LogP contribution in [0, 0.1) is 19.8 Å². The maximum Gasteiger partial charge on any atom is 0.144 e. The number of aromatic nitrogens is 2. The van der Waals surface area contributed by atoms with Crippen molar-refractivity contribution in [3.63, 3.8) is 0 Å². The fraction of sp³-hybridized carbons (Fsp3) is 0.733. The Balaban J connectivity index is 1.89. The highest BCUT2D eigenvalue weighted by atomic mass is 16.3. The molecule has 4 nitrogen and oxygen atoms in total. The second kappa shape index (κ2) is 5.87. The van der Waals surface area contributed by atoms with E-state index in [-0.39, 0.29) is 0 Å². The first-order valence-electron chi connectivity index (χ1n) is 7.29. The van der Waals surface area contributed by atoms with Crippen LogP contribution >= 0.6 is 0 Å². The summed E-state index contributed by atoms with van der Waals surface area (Å²) in [5.41, 5.74) is 1.31. The topological polar surface area (TPSA) is 58.0 Å². The molecule has 0 spiro atoms. The normalized spacial score (nSPS) is 27.3. The minimum Gasteiger partial charge on any atom is -0.388 e. The molecule has 0 aliphatic heterocycles. The van der Waals surface area contributed by atoms with Gasteiger partial charge in [-0.1, -0.05) is 13.3 Å². The van der Waals surface area contributed by atoms with Gasteiger partial charge in [0.15, 0.2) is 0 Å². The summed E-state index contributed by atoms with van der Waals surface area (Å²) in [5, 5.41) is 13.8. The summed E-state index contributed by atoms with van der Waals surface area (Å²) in [6.45, 7) is 6.71. The molecule has 1 heterocycles. The van der Waals surface area contributed by atoms with E-state index in [9.17, 15) is 5.11 Å². The maximum absolute atomic E-state index is 10.6. The lowest BCUT2D eigenvalue weighted by Crippen LogP contribution is -2.40. The number of nitrogens with one attached hydrogen (secondary N) is 1. The fourth-order valence-corrected chi connectivity index (χ4v) is 2.68. The van der Waals surface area contributed by atoms with Crippen LogP contribution in [0.4, 0.5) is 5.82 Å². The highest BCUT2D eigenvalue weighted by Crippen LogP contribution is 2.33. The molecule has 19 heavy (non-hydrogen) atoms. The largest absolute Gasteiger partial charge is 0.388 e. The molecular weight excluding hydrogens is 238 g/mol. The summed E-state index contributed by atoms with van der Waals surface area (Å²) in [4.78, 5) is 8.72. The van der Waals surface area contributed by atoms with Crippen LogP contribution in [0.1, 0.15) is 50.4 Å². The number of hydrogen-bond acceptors (Lipinski definition) is 4. The predicted molar refractivity (Wildman–Crippen MR) is 77.2 cm³/mol. The van der Waals surface area contributed by atoms with Crippen molar-refractivity contribution in [2.45, 2.75) is 58.5 Å². The first-order valence-corrected chi connectivity index (χ1v) is 7.29. The summed E-state index contributed by atoms with van der Waals surface area (Å²) in [6.07, 6.45) is 7.00. The van der Waals surface area contributed by atoms with Gasteiger partial charge in [0.1, 0.15) is 5.82 Å². The molecule has 0 aromatic carbocycles. The van der Waals surface area contributed by atoms with Gasteiger partial charge in [-0.15, -0.1) is 0 Å². The van der Waals surface area contributed by atoms with Gasteiger partial charge >= 0.3 is 0 Å². The third-order valence-corrected chi connectivity index (χ3v) is 4.40. The Kier molecular flexibility index (Phi) is 4.40. The van der Waals surface area contributed by atoms with Crippen LogP contribution in [0.5, 0.6) is 0 Å². The highest BCUT2D eigenvalue weighted by Gasteiger charge is 2.32. The number of aryl methyl sites for hydroxylation is 2. The Morgan fingerprint density at radius 1 is 1.32 bits per heavy atom. The van der Waals surface area contributed by atoms with E-state index in [1.807, 2.05) is 13.8 Å². The molecule has 1 aromatic heterocycles. The molecule has 1 aliphatic carbocycles. The van der Waals surface area contributed by atoms with Gasteiger partial charge in [-0.3, -0.25) is 4.98 Å². The van der Waals surface area contributed by atoms with Gasteiger partial charge in [-0.25, -0.2) is 4.98 Å². The van der Waals surface area contributed by atoms with E-state index in [0.29, 0.717) is 6.54 Å². The van der Waals surface area contributed by atoms with E-state index < -0.39 is 5.60 Å². The monoisotopic (exact) mass is 263 g/mol. The predicted octanol–water partition coefficient (Wildman–Crippen LogP) is 2.84. The zero-order chi connectivity index (χ0) is 13.9. The summed E-state index contributed by atoms with van der Waals surface area (Å²) in [6, 6.07) is 0. The lowest BCUT2D eigenvalue weighted by atomic mass is 9.78. The number of aliphatic hydroxyl groups is 1. The average molecular weight is 263 g/mol. The second-order valence-electron chi connectivity index (χ2n) is 5.86. The third-order valence-electron chi connectivity index (χ3n) is 4.40. The molecule has 4 heteroatoms. The van der Waals surface area contributed by atoms with Crippen molar-refractivity contribution in [1.29, 1.82) is 0 Å². The van der Waals surface area contributed by atoms with Crippen molar-refractivity contribution in [3.8, 4) is 0 Å². The van der Waals surface area contributed by atoms with Gasteiger partial charge in [0, 0.05) is 6.54 Å². The number of nitrogens with zero attached hydrogens (tertiary/aromatic N) is 2. The van der Waals surface area contributed by atoms with Gasteiger partial charge in [0.05, 0.1) is 23.2 Å². The first-order chi connectivity index (χ1) is 9.02. The zero-order valence-corrected chi connectivity index (χ0v) is 12.2. The molecule has 0 unspecified atom stereocenters. The van der Waals surface area contributed by atoms with Crippen molar-refractivity contribution in [2.24, 2.45) is 5.92 Å². The number of hydrogen-bond donors (Lipinski definition) is 2. The quantitative estimate of drug-likeness (QED) is 0.877. The molecule has 1 aromatic rings. The summed E-state index contributed by atoms with van der Waals surface area (Å²) in [5.74, 6) is 1.55. The highest BCUT2D eigenvalue weighted by molar-refractivity contribution is 5.33. The smallest absolute Gasteiger partial charge is 0.144 e. The van der Waals surface area contributed by atoms with Gasteiger partial charge in [-0.2, -0.15) is 0 Å². The summed E-state index contributed by atoms with van der Waals surface area (Å²) >= 11 is 0. The lowest BCUT2D eigenvalue weighted by Gasteiger charge is -2.36. The molecule has 1 saturated carbocycles. The molecule has 0 radical (unpaired) electrons. The zero-order valence-electron chi connectivity index (χ0n) is 12.2. The molecule has 1 aliphatic rings. The molecular formula is C15H25N3O. The molecule has 0 amide bonds. The Morgan fingerprint density at radius 3 is 2.58 bits per heavy atom. The summed E-state index contributed by atoms with van der Waals surface area (Å²) in [7, 11) is 0. The van der Waals surface area contributed by atoms with Crippen molar-refractivity contribution in [3.05, 3.63) is 17.6 Å². The van der Waals surface area contributed by atoms with Crippen molar-refractivity contribution in [2.75, 3.05) is 11.9 Å². The van der Waals surface area contributed by atoms with Crippen LogP contribution in [0.3, 0.4) is 0 Å². The molecule has 2 rings (SSSR count). The van der Waals surface area contributed by atoms with Gasteiger partial charge in [-0.05, 0) is 45.4 Å². The Bertz CT molecular complexity index is 425. The van der Waals surface area contributed by atoms with Crippen LogP contribution in [0.25, 0.3) is 0 Å². The third kappa shape index (κ3) is 3.66. The van der Waals surface area contributed by atoms with E-state index in [1.54, 1.807) is 6.20 Å². The second-order valence-corrected chi connectivity index (χ2v) is 5.86. The standard InChI is InChI=1S/C15H25N3O/c1-4-13-5-7-15(19,8-6-13)10-17-14-9-16-11(2)12(3)18-14/h9,13,19H,4-8,10H2,1-3H3,(H,17,18). The number of anilines is 1. The van der Waals surface area contributed by atoms with E-state index >= 15 is 0 Å². The SMILES string of the molecule is CCC1CCC(O)(CNc2cnc(C)c(C)n2)CC1. The van der Waals surface area contributed by atoms with Crippen molar-refractivity contribution < 1.29 is 5.11 Å². The Labute approximate surface area is 115 Å². The molecule has 0 bridgehead atoms. The Morgan fingerprint density at radius 2 is 2.00 bits per heavy atom. The van der Waals surface area contributed by atoms with Gasteiger partial charge < -0.3 is 10.4 Å². The van der Waals surface area contributed by atoms with Crippen LogP contribution in [0.15, 0.2) is 6.20 Å². The minimum atomic E-state index is -0.577. The minimum absolute atomic E-state index is 0.570. The molecule has 0 atom stereocenters. The average Bonchev–Trinajstić information content (AvgIpc) is 2.41. The van der Waals surface area contributed by atoms with Gasteiger partial charge in [0.25, 0.3) is 0 Å². The van der Waals surface area contributed by atoms with E-state index in [1.165, 1.54) is 6.42 Å². The van der Waals surface area contributed by atoms with Gasteiger partial charge in [0.2, 0.25) is 0 Å². The maximum atomic E-state index is 10.6. The lowest BCUT2D eigenvalue weighted by molar-refractivity contribution is 0.00222. The van der Waals surface area contributed by atoms with Crippen molar-refractivity contribution in [1.82, 2.24) is 9.97 Å². The Hall–Kier alpha value is -1.16. The van der Waals surface area contributed by atoms with Crippen LogP contribution < -0.4 is 5.32 Å². The fourth-order valence-electron chi connectivity index (χ4n) is 2.68. The summed E-state index contributed by atoms with van der Waals surface area (Å²) < 4.78 is 0. The van der Waals surface area contributed by atoms with Crippen LogP contribution in [-0.2, 0) is 0 Å². The van der Waals surface area contributed by atoms with Crippen molar-refractivity contribution >= 4 is 5.82 Å². The van der Waals surface area contributed by atoms with E-state index in [4.69, 9.17) is 0 Å². The number of rotatable bonds is 4. The molecule has 1 fully saturated rings.